The van der Waals surface area contributed by atoms with E-state index >= 15 is 0 Å². The van der Waals surface area contributed by atoms with Crippen LogP contribution in [0.2, 0.25) is 0 Å². The van der Waals surface area contributed by atoms with Gasteiger partial charge in [-0.1, -0.05) is 15.9 Å². The zero-order valence-electron chi connectivity index (χ0n) is 9.96. The number of nitrogens with one attached hydrogen (secondary N) is 2. The van der Waals surface area contributed by atoms with Crippen molar-refractivity contribution in [1.82, 2.24) is 10.6 Å². The minimum Gasteiger partial charge on any atom is -0.493 e. The standard InChI is InChI=1S/C12H12BrClN2O3/c13-9-3-7-1-2-19-11(7)8(4-9)6-15-12(18)16-10(17)5-14/h3-4H,1-2,5-6H2,(H2,15,16,17,18). The molecule has 0 spiro atoms. The number of fused-ring (bicyclic) bond motifs is 1. The number of amides is 3. The van der Waals surface area contributed by atoms with Gasteiger partial charge in [-0.3, -0.25) is 10.1 Å². The van der Waals surface area contributed by atoms with E-state index in [0.717, 1.165) is 27.8 Å². The van der Waals surface area contributed by atoms with Crippen LogP contribution in [0.5, 0.6) is 5.75 Å². The molecule has 1 aromatic rings. The lowest BCUT2D eigenvalue weighted by atomic mass is 10.1. The van der Waals surface area contributed by atoms with E-state index in [4.69, 9.17) is 16.3 Å². The minimum atomic E-state index is -0.572. The van der Waals surface area contributed by atoms with E-state index < -0.39 is 11.9 Å². The summed E-state index contributed by atoms with van der Waals surface area (Å²) in [7, 11) is 0. The molecule has 0 atom stereocenters. The van der Waals surface area contributed by atoms with Gasteiger partial charge >= 0.3 is 6.03 Å². The smallest absolute Gasteiger partial charge is 0.321 e. The Kier molecular flexibility index (Phi) is 4.66. The predicted molar refractivity (Wildman–Crippen MR) is 74.4 cm³/mol. The maximum atomic E-state index is 11.4. The van der Waals surface area contributed by atoms with Crippen molar-refractivity contribution >= 4 is 39.5 Å². The van der Waals surface area contributed by atoms with Crippen molar-refractivity contribution in [3.8, 4) is 5.75 Å². The molecule has 3 amide bonds. The van der Waals surface area contributed by atoms with E-state index in [-0.39, 0.29) is 12.4 Å². The number of carbonyl (C=O) groups is 2. The zero-order valence-corrected chi connectivity index (χ0v) is 12.3. The van der Waals surface area contributed by atoms with Crippen LogP contribution in [0.4, 0.5) is 4.79 Å². The second-order valence-corrected chi connectivity index (χ2v) is 5.20. The Morgan fingerprint density at radius 3 is 2.95 bits per heavy atom. The fraction of sp³-hybridized carbons (Fsp3) is 0.333. The first-order valence-electron chi connectivity index (χ1n) is 5.68. The molecule has 0 radical (unpaired) electrons. The van der Waals surface area contributed by atoms with Crippen molar-refractivity contribution in [3.05, 3.63) is 27.7 Å². The molecule has 1 heterocycles. The number of hydrogen-bond donors (Lipinski definition) is 2. The van der Waals surface area contributed by atoms with Crippen LogP contribution < -0.4 is 15.4 Å². The second-order valence-electron chi connectivity index (χ2n) is 4.02. The minimum absolute atomic E-state index is 0.247. The molecule has 0 aromatic heterocycles. The molecule has 2 N–H and O–H groups in total. The highest BCUT2D eigenvalue weighted by molar-refractivity contribution is 9.10. The van der Waals surface area contributed by atoms with E-state index in [2.05, 4.69) is 26.6 Å². The summed E-state index contributed by atoms with van der Waals surface area (Å²) in [6.45, 7) is 0.929. The number of hydrogen-bond acceptors (Lipinski definition) is 3. The fourth-order valence-electron chi connectivity index (χ4n) is 1.86. The number of ether oxygens (including phenoxy) is 1. The van der Waals surface area contributed by atoms with E-state index in [1.807, 2.05) is 12.1 Å². The SMILES string of the molecule is O=C(CCl)NC(=O)NCc1cc(Br)cc2c1OCC2. The lowest BCUT2D eigenvalue weighted by Crippen LogP contribution is -2.39. The van der Waals surface area contributed by atoms with Gasteiger partial charge in [-0.05, 0) is 17.7 Å². The first-order valence-corrected chi connectivity index (χ1v) is 7.00. The lowest BCUT2D eigenvalue weighted by molar-refractivity contribution is -0.117. The first-order chi connectivity index (χ1) is 9.10. The van der Waals surface area contributed by atoms with Gasteiger partial charge in [0, 0.05) is 23.0 Å². The molecule has 0 saturated heterocycles. The van der Waals surface area contributed by atoms with Crippen molar-refractivity contribution in [2.24, 2.45) is 0 Å². The Morgan fingerprint density at radius 2 is 2.21 bits per heavy atom. The molecule has 0 unspecified atom stereocenters. The number of urea groups is 1. The van der Waals surface area contributed by atoms with Crippen molar-refractivity contribution < 1.29 is 14.3 Å². The van der Waals surface area contributed by atoms with Crippen molar-refractivity contribution in [1.29, 1.82) is 0 Å². The van der Waals surface area contributed by atoms with Crippen LogP contribution in [-0.2, 0) is 17.8 Å². The summed E-state index contributed by atoms with van der Waals surface area (Å²) in [5.41, 5.74) is 1.98. The summed E-state index contributed by atoms with van der Waals surface area (Å²) in [6, 6.07) is 3.31. The van der Waals surface area contributed by atoms with Crippen LogP contribution >= 0.6 is 27.5 Å². The number of benzene rings is 1. The Balaban J connectivity index is 2.00. The first kappa shape index (κ1) is 14.1. The highest BCUT2D eigenvalue weighted by Gasteiger charge is 2.18. The van der Waals surface area contributed by atoms with Crippen LogP contribution in [0.1, 0.15) is 11.1 Å². The Hall–Kier alpha value is -1.27. The van der Waals surface area contributed by atoms with Gasteiger partial charge in [0.05, 0.1) is 6.61 Å². The number of halogens is 2. The van der Waals surface area contributed by atoms with Crippen LogP contribution in [0.25, 0.3) is 0 Å². The molecule has 1 aliphatic heterocycles. The van der Waals surface area contributed by atoms with Crippen LogP contribution in [0.15, 0.2) is 16.6 Å². The summed E-state index contributed by atoms with van der Waals surface area (Å²) in [5.74, 6) is 0.0325. The van der Waals surface area contributed by atoms with Gasteiger partial charge < -0.3 is 10.1 Å². The van der Waals surface area contributed by atoms with Gasteiger partial charge in [-0.2, -0.15) is 0 Å². The summed E-state index contributed by atoms with van der Waals surface area (Å²) in [6.07, 6.45) is 0.860. The maximum absolute atomic E-state index is 11.4. The summed E-state index contributed by atoms with van der Waals surface area (Å²) >= 11 is 8.71. The van der Waals surface area contributed by atoms with Gasteiger partial charge in [0.25, 0.3) is 0 Å². The molecule has 7 heteroatoms. The molecule has 1 aromatic carbocycles. The molecular formula is C12H12BrClN2O3. The Bertz CT molecular complexity index is 522. The monoisotopic (exact) mass is 346 g/mol. The van der Waals surface area contributed by atoms with E-state index in [1.165, 1.54) is 0 Å². The molecule has 19 heavy (non-hydrogen) atoms. The summed E-state index contributed by atoms with van der Waals surface area (Å²) in [4.78, 5) is 22.4. The molecule has 2 rings (SSSR count). The third kappa shape index (κ3) is 3.61. The van der Waals surface area contributed by atoms with Crippen LogP contribution in [-0.4, -0.2) is 24.4 Å². The second kappa shape index (κ2) is 6.25. The molecular weight excluding hydrogens is 336 g/mol. The fourth-order valence-corrected chi connectivity index (χ4v) is 2.48. The largest absolute Gasteiger partial charge is 0.493 e. The summed E-state index contributed by atoms with van der Waals surface area (Å²) < 4.78 is 6.47. The molecule has 5 nitrogen and oxygen atoms in total. The zero-order chi connectivity index (χ0) is 13.8. The van der Waals surface area contributed by atoms with E-state index in [9.17, 15) is 9.59 Å². The molecule has 1 aliphatic rings. The van der Waals surface area contributed by atoms with E-state index in [1.54, 1.807) is 0 Å². The third-order valence-corrected chi connectivity index (χ3v) is 3.34. The predicted octanol–water partition coefficient (Wildman–Crippen LogP) is 1.95. The van der Waals surface area contributed by atoms with Gasteiger partial charge in [0.2, 0.25) is 5.91 Å². The highest BCUT2D eigenvalue weighted by Crippen LogP contribution is 2.32. The topological polar surface area (TPSA) is 67.4 Å². The van der Waals surface area contributed by atoms with E-state index in [0.29, 0.717) is 6.61 Å². The van der Waals surface area contributed by atoms with Crippen molar-refractivity contribution in [2.45, 2.75) is 13.0 Å². The quantitative estimate of drug-likeness (QED) is 0.821. The Labute approximate surface area is 123 Å². The average Bonchev–Trinajstić information content (AvgIpc) is 2.83. The Morgan fingerprint density at radius 1 is 1.42 bits per heavy atom. The van der Waals surface area contributed by atoms with Gasteiger partial charge in [0.15, 0.2) is 0 Å². The average molecular weight is 348 g/mol. The van der Waals surface area contributed by atoms with Crippen LogP contribution in [0, 0.1) is 0 Å². The van der Waals surface area contributed by atoms with Crippen molar-refractivity contribution in [2.75, 3.05) is 12.5 Å². The molecule has 0 bridgehead atoms. The number of rotatable bonds is 3. The van der Waals surface area contributed by atoms with Gasteiger partial charge in [-0.15, -0.1) is 11.6 Å². The lowest BCUT2D eigenvalue weighted by Gasteiger charge is -2.10. The molecule has 0 saturated carbocycles. The number of alkyl halides is 1. The normalized spacial score (nSPS) is 12.5. The maximum Gasteiger partial charge on any atom is 0.321 e. The van der Waals surface area contributed by atoms with Gasteiger partial charge in [0.1, 0.15) is 11.6 Å². The number of imide groups is 1. The highest BCUT2D eigenvalue weighted by atomic mass is 79.9. The molecule has 102 valence electrons. The third-order valence-electron chi connectivity index (χ3n) is 2.64. The van der Waals surface area contributed by atoms with Crippen LogP contribution in [0.3, 0.4) is 0 Å². The summed E-state index contributed by atoms with van der Waals surface area (Å²) in [5, 5.41) is 4.70. The van der Waals surface area contributed by atoms with Crippen molar-refractivity contribution in [3.63, 3.8) is 0 Å². The molecule has 0 aliphatic carbocycles. The van der Waals surface area contributed by atoms with Gasteiger partial charge in [-0.25, -0.2) is 4.79 Å². The number of carbonyl (C=O) groups excluding carboxylic acids is 2. The molecule has 0 fully saturated rings.